The third-order valence-corrected chi connectivity index (χ3v) is 5.98. The third-order valence-electron chi connectivity index (χ3n) is 5.03. The zero-order chi connectivity index (χ0) is 24.7. The maximum atomic E-state index is 13.2. The lowest BCUT2D eigenvalue weighted by atomic mass is 10.2. The normalized spacial score (nSPS) is 10.9. The summed E-state index contributed by atoms with van der Waals surface area (Å²) >= 11 is 1.18. The minimum absolute atomic E-state index is 0.0321. The van der Waals surface area contributed by atoms with Crippen molar-refractivity contribution >= 4 is 29.2 Å². The highest BCUT2D eigenvalue weighted by molar-refractivity contribution is 7.99. The van der Waals surface area contributed by atoms with Crippen LogP contribution in [0.2, 0.25) is 0 Å². The number of nitrogen functional groups attached to an aromatic ring is 1. The number of hydrogen-bond acceptors (Lipinski definition) is 8. The Morgan fingerprint density at radius 2 is 2.00 bits per heavy atom. The molecule has 1 amide bonds. The molecule has 0 spiro atoms. The van der Waals surface area contributed by atoms with E-state index in [1.807, 2.05) is 41.8 Å². The SMILES string of the molecule is C=CCn1c(C)nnc1SCC(=O)N(CCOC)c1c(N)n(Cc2ccccc2)c(=O)[nH]c1=O. The molecule has 0 radical (unpaired) electrons. The summed E-state index contributed by atoms with van der Waals surface area (Å²) in [6.45, 7) is 6.41. The van der Waals surface area contributed by atoms with Crippen molar-refractivity contribution in [2.75, 3.05) is 36.6 Å². The second kappa shape index (κ2) is 11.5. The molecule has 0 atom stereocenters. The highest BCUT2D eigenvalue weighted by Gasteiger charge is 2.25. The molecule has 2 heterocycles. The highest BCUT2D eigenvalue weighted by atomic mass is 32.2. The largest absolute Gasteiger partial charge is 0.383 e. The Hall–Kier alpha value is -3.64. The molecule has 0 fully saturated rings. The number of methoxy groups -OCH3 is 1. The van der Waals surface area contributed by atoms with E-state index >= 15 is 0 Å². The molecular weight excluding hydrogens is 458 g/mol. The first-order valence-corrected chi connectivity index (χ1v) is 11.4. The number of H-pyrrole nitrogens is 1. The number of benzene rings is 1. The van der Waals surface area contributed by atoms with Gasteiger partial charge in [-0.15, -0.1) is 16.8 Å². The van der Waals surface area contributed by atoms with Crippen LogP contribution in [0.15, 0.2) is 57.7 Å². The first-order valence-electron chi connectivity index (χ1n) is 10.5. The zero-order valence-corrected chi connectivity index (χ0v) is 19.9. The van der Waals surface area contributed by atoms with Gasteiger partial charge >= 0.3 is 5.69 Å². The fourth-order valence-corrected chi connectivity index (χ4v) is 4.19. The lowest BCUT2D eigenvalue weighted by molar-refractivity contribution is -0.116. The van der Waals surface area contributed by atoms with Crippen molar-refractivity contribution in [1.82, 2.24) is 24.3 Å². The van der Waals surface area contributed by atoms with Gasteiger partial charge in [-0.2, -0.15) is 0 Å². The zero-order valence-electron chi connectivity index (χ0n) is 19.1. The average Bonchev–Trinajstić information content (AvgIpc) is 3.17. The lowest BCUT2D eigenvalue weighted by Crippen LogP contribution is -2.43. The molecule has 0 aliphatic carbocycles. The topological polar surface area (TPSA) is 141 Å². The maximum absolute atomic E-state index is 13.2. The summed E-state index contributed by atoms with van der Waals surface area (Å²) in [5.74, 6) is 0.169. The second-order valence-corrected chi connectivity index (χ2v) is 8.26. The fraction of sp³-hybridized carbons (Fsp3) is 0.318. The van der Waals surface area contributed by atoms with Crippen molar-refractivity contribution in [2.24, 2.45) is 0 Å². The quantitative estimate of drug-likeness (QED) is 0.303. The Labute approximate surface area is 200 Å². The number of aromatic nitrogens is 5. The van der Waals surface area contributed by atoms with Crippen LogP contribution in [-0.4, -0.2) is 56.2 Å². The van der Waals surface area contributed by atoms with E-state index in [0.717, 1.165) is 5.56 Å². The van der Waals surface area contributed by atoms with Gasteiger partial charge in [0.05, 0.1) is 18.9 Å². The minimum atomic E-state index is -0.744. The Morgan fingerprint density at radius 3 is 2.68 bits per heavy atom. The number of allylic oxidation sites excluding steroid dienone is 1. The van der Waals surface area contributed by atoms with Gasteiger partial charge in [0.2, 0.25) is 5.91 Å². The van der Waals surface area contributed by atoms with Crippen molar-refractivity contribution in [3.63, 3.8) is 0 Å². The molecule has 3 N–H and O–H groups in total. The van der Waals surface area contributed by atoms with Crippen LogP contribution in [-0.2, 0) is 22.6 Å². The number of ether oxygens (including phenoxy) is 1. The molecule has 11 nitrogen and oxygen atoms in total. The number of carbonyl (C=O) groups is 1. The molecule has 3 aromatic rings. The number of carbonyl (C=O) groups excluding carboxylic acids is 1. The van der Waals surface area contributed by atoms with Crippen LogP contribution >= 0.6 is 11.8 Å². The van der Waals surface area contributed by atoms with Gasteiger partial charge in [0.15, 0.2) is 10.8 Å². The maximum Gasteiger partial charge on any atom is 0.330 e. The molecule has 12 heteroatoms. The van der Waals surface area contributed by atoms with Crippen LogP contribution < -0.4 is 21.9 Å². The van der Waals surface area contributed by atoms with Crippen molar-refractivity contribution < 1.29 is 9.53 Å². The molecule has 0 aliphatic heterocycles. The van der Waals surface area contributed by atoms with Crippen molar-refractivity contribution in [3.8, 4) is 0 Å². The Morgan fingerprint density at radius 1 is 1.26 bits per heavy atom. The van der Waals surface area contributed by atoms with Crippen LogP contribution in [0.25, 0.3) is 0 Å². The van der Waals surface area contributed by atoms with E-state index in [-0.39, 0.29) is 37.0 Å². The van der Waals surface area contributed by atoms with Crippen LogP contribution in [0, 0.1) is 6.92 Å². The summed E-state index contributed by atoms with van der Waals surface area (Å²) in [7, 11) is 1.49. The highest BCUT2D eigenvalue weighted by Crippen LogP contribution is 2.22. The number of thioether (sulfide) groups is 1. The Bertz CT molecular complexity index is 1270. The molecule has 0 aliphatic rings. The van der Waals surface area contributed by atoms with Gasteiger partial charge in [0, 0.05) is 20.2 Å². The molecular formula is C22H27N7O4S. The number of rotatable bonds is 11. The van der Waals surface area contributed by atoms with Gasteiger partial charge in [-0.3, -0.25) is 19.1 Å². The molecule has 1 aromatic carbocycles. The lowest BCUT2D eigenvalue weighted by Gasteiger charge is -2.24. The number of nitrogens with two attached hydrogens (primary N) is 1. The number of aryl methyl sites for hydroxylation is 1. The van der Waals surface area contributed by atoms with Gasteiger partial charge in [0.25, 0.3) is 5.56 Å². The van der Waals surface area contributed by atoms with Gasteiger partial charge in [0.1, 0.15) is 11.6 Å². The van der Waals surface area contributed by atoms with Gasteiger partial charge < -0.3 is 19.9 Å². The van der Waals surface area contributed by atoms with E-state index in [0.29, 0.717) is 17.5 Å². The third kappa shape index (κ3) is 5.64. The first-order chi connectivity index (χ1) is 16.4. The molecule has 0 saturated heterocycles. The van der Waals surface area contributed by atoms with Gasteiger partial charge in [-0.05, 0) is 12.5 Å². The van der Waals surface area contributed by atoms with Gasteiger partial charge in [-0.25, -0.2) is 4.79 Å². The van der Waals surface area contributed by atoms with Crippen LogP contribution in [0.5, 0.6) is 0 Å². The van der Waals surface area contributed by atoms with Crippen LogP contribution in [0.1, 0.15) is 11.4 Å². The molecule has 3 rings (SSSR count). The van der Waals surface area contributed by atoms with E-state index < -0.39 is 17.2 Å². The van der Waals surface area contributed by atoms with E-state index in [1.165, 1.54) is 28.3 Å². The average molecular weight is 486 g/mol. The molecule has 0 saturated carbocycles. The standard InChI is InChI=1S/C22H27N7O4S/c1-4-10-27-15(2)25-26-22(27)34-14-17(30)28(11-12-33-3)18-19(23)29(21(32)24-20(18)31)13-16-8-6-5-7-9-16/h4-9H,1,10-14,23H2,2-3H3,(H,24,31,32). The van der Waals surface area contributed by atoms with E-state index in [9.17, 15) is 14.4 Å². The number of nitrogens with zero attached hydrogens (tertiary/aromatic N) is 5. The van der Waals surface area contributed by atoms with Crippen molar-refractivity contribution in [2.45, 2.75) is 25.2 Å². The Kier molecular flexibility index (Phi) is 8.44. The monoisotopic (exact) mass is 485 g/mol. The summed E-state index contributed by atoms with van der Waals surface area (Å²) in [6, 6.07) is 9.20. The van der Waals surface area contributed by atoms with E-state index in [1.54, 1.807) is 6.08 Å². The second-order valence-electron chi connectivity index (χ2n) is 7.32. The predicted molar refractivity (Wildman–Crippen MR) is 131 cm³/mol. The first kappa shape index (κ1) is 25.0. The molecule has 2 aromatic heterocycles. The molecule has 0 unspecified atom stereocenters. The molecule has 0 bridgehead atoms. The summed E-state index contributed by atoms with van der Waals surface area (Å²) in [5.41, 5.74) is 5.60. The number of amides is 1. The summed E-state index contributed by atoms with van der Waals surface area (Å²) in [5, 5.41) is 8.69. The van der Waals surface area contributed by atoms with Crippen molar-refractivity contribution in [1.29, 1.82) is 0 Å². The molecule has 180 valence electrons. The minimum Gasteiger partial charge on any atom is -0.383 e. The number of aromatic amines is 1. The van der Waals surface area contributed by atoms with Crippen molar-refractivity contribution in [3.05, 3.63) is 75.2 Å². The predicted octanol–water partition coefficient (Wildman–Crippen LogP) is 1.02. The Balaban J connectivity index is 1.93. The fourth-order valence-electron chi connectivity index (χ4n) is 3.32. The number of anilines is 2. The van der Waals surface area contributed by atoms with Gasteiger partial charge in [-0.1, -0.05) is 48.2 Å². The van der Waals surface area contributed by atoms with Crippen LogP contribution in [0.4, 0.5) is 11.5 Å². The smallest absolute Gasteiger partial charge is 0.330 e. The summed E-state index contributed by atoms with van der Waals surface area (Å²) in [4.78, 5) is 42.0. The number of hydrogen-bond donors (Lipinski definition) is 2. The van der Waals surface area contributed by atoms with E-state index in [4.69, 9.17) is 10.5 Å². The summed E-state index contributed by atoms with van der Waals surface area (Å²) in [6.07, 6.45) is 1.71. The van der Waals surface area contributed by atoms with E-state index in [2.05, 4.69) is 21.8 Å². The molecule has 34 heavy (non-hydrogen) atoms. The van der Waals surface area contributed by atoms with Crippen LogP contribution in [0.3, 0.4) is 0 Å². The number of nitrogens with one attached hydrogen (secondary N) is 1. The summed E-state index contributed by atoms with van der Waals surface area (Å²) < 4.78 is 8.19.